The molecule has 3 nitrogen and oxygen atoms in total. The van der Waals surface area contributed by atoms with Gasteiger partial charge in [0.2, 0.25) is 0 Å². The van der Waals surface area contributed by atoms with E-state index < -0.39 is 0 Å². The van der Waals surface area contributed by atoms with Gasteiger partial charge in [-0.1, -0.05) is 12.5 Å². The molecule has 0 aromatic carbocycles. The summed E-state index contributed by atoms with van der Waals surface area (Å²) in [4.78, 5) is 4.09. The molecule has 2 fully saturated rings. The second-order valence-electron chi connectivity index (χ2n) is 5.47. The highest BCUT2D eigenvalue weighted by molar-refractivity contribution is 7.80. The normalized spacial score (nSPS) is 29.2. The lowest BCUT2D eigenvalue weighted by molar-refractivity contribution is 0.389. The zero-order valence-corrected chi connectivity index (χ0v) is 11.2. The third kappa shape index (κ3) is 2.64. The van der Waals surface area contributed by atoms with Crippen molar-refractivity contribution in [3.63, 3.8) is 0 Å². The first-order valence-electron chi connectivity index (χ1n) is 6.74. The number of pyridine rings is 1. The summed E-state index contributed by atoms with van der Waals surface area (Å²) in [7, 11) is 0. The molecule has 0 spiro atoms. The summed E-state index contributed by atoms with van der Waals surface area (Å²) >= 11 is 5.36. The fourth-order valence-corrected chi connectivity index (χ4v) is 3.55. The zero-order valence-electron chi connectivity index (χ0n) is 10.4. The zero-order chi connectivity index (χ0) is 12.4. The predicted octanol–water partition coefficient (Wildman–Crippen LogP) is 2.23. The van der Waals surface area contributed by atoms with Gasteiger partial charge in [0.1, 0.15) is 0 Å². The van der Waals surface area contributed by atoms with Crippen molar-refractivity contribution in [1.82, 2.24) is 15.6 Å². The number of aromatic nitrogens is 1. The van der Waals surface area contributed by atoms with E-state index >= 15 is 0 Å². The van der Waals surface area contributed by atoms with Crippen LogP contribution in [0.1, 0.15) is 31.2 Å². The number of rotatable bonds is 3. The SMILES string of the molecule is S=C(NCc1cccnc1)N[C@H]1C[C@H]2CC[C@@H]1C2. The Morgan fingerprint density at radius 1 is 1.39 bits per heavy atom. The summed E-state index contributed by atoms with van der Waals surface area (Å²) in [6, 6.07) is 4.61. The van der Waals surface area contributed by atoms with Crippen LogP contribution in [0, 0.1) is 11.8 Å². The number of hydrogen-bond acceptors (Lipinski definition) is 2. The predicted molar refractivity (Wildman–Crippen MR) is 76.0 cm³/mol. The van der Waals surface area contributed by atoms with Crippen molar-refractivity contribution in [3.8, 4) is 0 Å². The van der Waals surface area contributed by atoms with Gasteiger partial charge in [0.15, 0.2) is 5.11 Å². The van der Waals surface area contributed by atoms with E-state index in [4.69, 9.17) is 12.2 Å². The molecule has 0 radical (unpaired) electrons. The van der Waals surface area contributed by atoms with Crippen LogP contribution in [0.3, 0.4) is 0 Å². The smallest absolute Gasteiger partial charge is 0.166 e. The number of fused-ring (bicyclic) bond motifs is 2. The van der Waals surface area contributed by atoms with Crippen LogP contribution in [0.4, 0.5) is 0 Å². The van der Waals surface area contributed by atoms with Gasteiger partial charge in [-0.15, -0.1) is 0 Å². The molecule has 18 heavy (non-hydrogen) atoms. The summed E-state index contributed by atoms with van der Waals surface area (Å²) in [5, 5.41) is 7.53. The standard InChI is InChI=1S/C14H19N3S/c18-14(16-9-11-2-1-5-15-8-11)17-13-7-10-3-4-12(13)6-10/h1-2,5,8,10,12-13H,3-4,6-7,9H2,(H2,16,17,18)/t10-,12+,13-/m0/s1. The van der Waals surface area contributed by atoms with Crippen LogP contribution in [-0.4, -0.2) is 16.1 Å². The topological polar surface area (TPSA) is 37.0 Å². The fraction of sp³-hybridized carbons (Fsp3) is 0.571. The van der Waals surface area contributed by atoms with Crippen LogP contribution >= 0.6 is 12.2 Å². The maximum atomic E-state index is 5.36. The number of thiocarbonyl (C=S) groups is 1. The average molecular weight is 261 g/mol. The Hall–Kier alpha value is -1.16. The van der Waals surface area contributed by atoms with Crippen molar-refractivity contribution in [3.05, 3.63) is 30.1 Å². The molecule has 4 heteroatoms. The van der Waals surface area contributed by atoms with Crippen LogP contribution in [0.25, 0.3) is 0 Å². The lowest BCUT2D eigenvalue weighted by atomic mass is 9.96. The quantitative estimate of drug-likeness (QED) is 0.818. The molecule has 0 amide bonds. The van der Waals surface area contributed by atoms with E-state index in [0.717, 1.165) is 29.1 Å². The molecule has 2 bridgehead atoms. The number of nitrogens with one attached hydrogen (secondary N) is 2. The van der Waals surface area contributed by atoms with Crippen molar-refractivity contribution in [2.75, 3.05) is 0 Å². The minimum absolute atomic E-state index is 0.609. The van der Waals surface area contributed by atoms with Crippen molar-refractivity contribution >= 4 is 17.3 Å². The largest absolute Gasteiger partial charge is 0.360 e. The second-order valence-corrected chi connectivity index (χ2v) is 5.88. The molecule has 2 N–H and O–H groups in total. The minimum atomic E-state index is 0.609. The van der Waals surface area contributed by atoms with Crippen molar-refractivity contribution in [2.45, 2.75) is 38.3 Å². The van der Waals surface area contributed by atoms with E-state index in [1.807, 2.05) is 12.3 Å². The maximum absolute atomic E-state index is 5.36. The fourth-order valence-electron chi connectivity index (χ4n) is 3.33. The molecule has 1 aromatic heterocycles. The van der Waals surface area contributed by atoms with Crippen molar-refractivity contribution in [2.24, 2.45) is 11.8 Å². The van der Waals surface area contributed by atoms with Crippen LogP contribution in [0.5, 0.6) is 0 Å². The molecule has 3 atom stereocenters. The van der Waals surface area contributed by atoms with E-state index in [1.165, 1.54) is 25.7 Å². The van der Waals surface area contributed by atoms with Gasteiger partial charge in [0, 0.05) is 25.0 Å². The van der Waals surface area contributed by atoms with E-state index in [9.17, 15) is 0 Å². The molecule has 0 unspecified atom stereocenters. The number of nitrogens with zero attached hydrogens (tertiary/aromatic N) is 1. The molecular weight excluding hydrogens is 242 g/mol. The van der Waals surface area contributed by atoms with Gasteiger partial charge in [-0.3, -0.25) is 4.98 Å². The molecule has 0 saturated heterocycles. The minimum Gasteiger partial charge on any atom is -0.360 e. The Bertz CT molecular complexity index is 420. The molecule has 2 aliphatic rings. The molecule has 2 aliphatic carbocycles. The third-order valence-electron chi connectivity index (χ3n) is 4.23. The first-order valence-corrected chi connectivity index (χ1v) is 7.15. The monoisotopic (exact) mass is 261 g/mol. The Labute approximate surface area is 113 Å². The molecule has 96 valence electrons. The molecule has 0 aliphatic heterocycles. The maximum Gasteiger partial charge on any atom is 0.166 e. The highest BCUT2D eigenvalue weighted by atomic mass is 32.1. The van der Waals surface area contributed by atoms with Gasteiger partial charge in [0.05, 0.1) is 0 Å². The molecule has 1 aromatic rings. The van der Waals surface area contributed by atoms with Crippen LogP contribution in [0.15, 0.2) is 24.5 Å². The van der Waals surface area contributed by atoms with E-state index in [-0.39, 0.29) is 0 Å². The van der Waals surface area contributed by atoms with E-state index in [0.29, 0.717) is 6.04 Å². The van der Waals surface area contributed by atoms with Gasteiger partial charge in [-0.05, 0) is 54.9 Å². The van der Waals surface area contributed by atoms with Crippen LogP contribution in [-0.2, 0) is 6.54 Å². The second kappa shape index (κ2) is 5.22. The van der Waals surface area contributed by atoms with E-state index in [2.05, 4.69) is 21.7 Å². The molecule has 1 heterocycles. The van der Waals surface area contributed by atoms with Gasteiger partial charge in [-0.2, -0.15) is 0 Å². The lowest BCUT2D eigenvalue weighted by Crippen LogP contribution is -2.43. The number of hydrogen-bond donors (Lipinski definition) is 2. The summed E-state index contributed by atoms with van der Waals surface area (Å²) in [5.74, 6) is 1.81. The van der Waals surface area contributed by atoms with Crippen molar-refractivity contribution < 1.29 is 0 Å². The first-order chi connectivity index (χ1) is 8.81. The Kier molecular flexibility index (Phi) is 3.46. The summed E-state index contributed by atoms with van der Waals surface area (Å²) in [6.07, 6.45) is 9.18. The average Bonchev–Trinajstić information content (AvgIpc) is 3.00. The van der Waals surface area contributed by atoms with Gasteiger partial charge >= 0.3 is 0 Å². The summed E-state index contributed by atoms with van der Waals surface area (Å²) in [6.45, 7) is 0.750. The van der Waals surface area contributed by atoms with Gasteiger partial charge in [0.25, 0.3) is 0 Å². The summed E-state index contributed by atoms with van der Waals surface area (Å²) in [5.41, 5.74) is 1.16. The highest BCUT2D eigenvalue weighted by Gasteiger charge is 2.39. The molecule has 2 saturated carbocycles. The first kappa shape index (κ1) is 11.9. The Morgan fingerprint density at radius 3 is 3.00 bits per heavy atom. The van der Waals surface area contributed by atoms with Crippen molar-refractivity contribution in [1.29, 1.82) is 0 Å². The lowest BCUT2D eigenvalue weighted by Gasteiger charge is -2.24. The van der Waals surface area contributed by atoms with Crippen LogP contribution in [0.2, 0.25) is 0 Å². The summed E-state index contributed by atoms with van der Waals surface area (Å²) < 4.78 is 0. The highest BCUT2D eigenvalue weighted by Crippen LogP contribution is 2.44. The Morgan fingerprint density at radius 2 is 2.33 bits per heavy atom. The molecule has 3 rings (SSSR count). The van der Waals surface area contributed by atoms with Gasteiger partial charge in [-0.25, -0.2) is 0 Å². The van der Waals surface area contributed by atoms with E-state index in [1.54, 1.807) is 6.20 Å². The molecular formula is C14H19N3S. The van der Waals surface area contributed by atoms with Gasteiger partial charge < -0.3 is 10.6 Å². The van der Waals surface area contributed by atoms with Crippen LogP contribution < -0.4 is 10.6 Å². The Balaban J connectivity index is 1.45. The third-order valence-corrected chi connectivity index (χ3v) is 4.49.